The Balaban J connectivity index is 2.39. The van der Waals surface area contributed by atoms with Gasteiger partial charge < -0.3 is 15.4 Å². The second-order valence-corrected chi connectivity index (χ2v) is 5.23. The highest BCUT2D eigenvalue weighted by Crippen LogP contribution is 2.15. The lowest BCUT2D eigenvalue weighted by molar-refractivity contribution is -0.126. The summed E-state index contributed by atoms with van der Waals surface area (Å²) < 4.78 is 5.27. The SMILES string of the molecule is COC(C)(C)CNC(=O)C1NCCCC1C. The zero-order chi connectivity index (χ0) is 12.2. The molecule has 1 amide bonds. The maximum absolute atomic E-state index is 11.9. The molecule has 1 aliphatic rings. The van der Waals surface area contributed by atoms with E-state index < -0.39 is 0 Å². The van der Waals surface area contributed by atoms with Crippen molar-refractivity contribution in [1.82, 2.24) is 10.6 Å². The number of hydrogen-bond donors (Lipinski definition) is 2. The Kier molecular flexibility index (Phi) is 4.74. The molecule has 4 nitrogen and oxygen atoms in total. The molecule has 2 unspecified atom stereocenters. The van der Waals surface area contributed by atoms with Crippen LogP contribution >= 0.6 is 0 Å². The van der Waals surface area contributed by atoms with Gasteiger partial charge in [-0.2, -0.15) is 0 Å². The lowest BCUT2D eigenvalue weighted by Gasteiger charge is -2.30. The van der Waals surface area contributed by atoms with Crippen LogP contribution in [0.1, 0.15) is 33.6 Å². The van der Waals surface area contributed by atoms with Crippen LogP contribution < -0.4 is 10.6 Å². The fourth-order valence-corrected chi connectivity index (χ4v) is 1.88. The molecule has 1 rings (SSSR count). The van der Waals surface area contributed by atoms with E-state index in [1.54, 1.807) is 7.11 Å². The normalized spacial score (nSPS) is 26.5. The zero-order valence-corrected chi connectivity index (χ0v) is 10.8. The van der Waals surface area contributed by atoms with Crippen LogP contribution in [0, 0.1) is 5.92 Å². The van der Waals surface area contributed by atoms with Gasteiger partial charge in [0.25, 0.3) is 0 Å². The molecule has 0 aromatic rings. The summed E-state index contributed by atoms with van der Waals surface area (Å²) in [5.74, 6) is 0.511. The molecule has 0 saturated carbocycles. The van der Waals surface area contributed by atoms with Crippen LogP contribution in [0.2, 0.25) is 0 Å². The first-order valence-corrected chi connectivity index (χ1v) is 6.02. The van der Waals surface area contributed by atoms with Gasteiger partial charge in [0.15, 0.2) is 0 Å². The number of methoxy groups -OCH3 is 1. The second kappa shape index (κ2) is 5.64. The van der Waals surface area contributed by atoms with E-state index in [2.05, 4.69) is 17.6 Å². The first kappa shape index (κ1) is 13.5. The van der Waals surface area contributed by atoms with Gasteiger partial charge in [-0.25, -0.2) is 0 Å². The molecule has 94 valence electrons. The third-order valence-electron chi connectivity index (χ3n) is 3.29. The number of carbonyl (C=O) groups is 1. The minimum absolute atomic E-state index is 0.0404. The van der Waals surface area contributed by atoms with Crippen molar-refractivity contribution in [2.45, 2.75) is 45.3 Å². The quantitative estimate of drug-likeness (QED) is 0.752. The Morgan fingerprint density at radius 1 is 1.56 bits per heavy atom. The number of rotatable bonds is 4. The highest BCUT2D eigenvalue weighted by molar-refractivity contribution is 5.82. The number of nitrogens with one attached hydrogen (secondary N) is 2. The standard InChI is InChI=1S/C12H24N2O2/c1-9-6-5-7-13-10(9)11(15)14-8-12(2,3)16-4/h9-10,13H,5-8H2,1-4H3,(H,14,15). The fraction of sp³-hybridized carbons (Fsp3) is 0.917. The molecule has 16 heavy (non-hydrogen) atoms. The topological polar surface area (TPSA) is 50.4 Å². The lowest BCUT2D eigenvalue weighted by atomic mass is 9.92. The van der Waals surface area contributed by atoms with E-state index in [1.807, 2.05) is 13.8 Å². The Morgan fingerprint density at radius 2 is 2.25 bits per heavy atom. The summed E-state index contributed by atoms with van der Waals surface area (Å²) in [4.78, 5) is 11.9. The van der Waals surface area contributed by atoms with E-state index in [0.717, 1.165) is 19.4 Å². The monoisotopic (exact) mass is 228 g/mol. The van der Waals surface area contributed by atoms with E-state index in [1.165, 1.54) is 0 Å². The molecule has 1 aliphatic heterocycles. The van der Waals surface area contributed by atoms with Gasteiger partial charge in [0.05, 0.1) is 11.6 Å². The predicted molar refractivity (Wildman–Crippen MR) is 64.3 cm³/mol. The molecular weight excluding hydrogens is 204 g/mol. The third-order valence-corrected chi connectivity index (χ3v) is 3.29. The van der Waals surface area contributed by atoms with Gasteiger partial charge in [0.1, 0.15) is 0 Å². The van der Waals surface area contributed by atoms with Gasteiger partial charge >= 0.3 is 0 Å². The van der Waals surface area contributed by atoms with E-state index in [-0.39, 0.29) is 17.6 Å². The van der Waals surface area contributed by atoms with Crippen molar-refractivity contribution in [2.24, 2.45) is 5.92 Å². The number of amides is 1. The van der Waals surface area contributed by atoms with Crippen LogP contribution in [0.25, 0.3) is 0 Å². The maximum Gasteiger partial charge on any atom is 0.237 e. The Labute approximate surface area is 98.1 Å². The maximum atomic E-state index is 11.9. The minimum atomic E-state index is -0.298. The van der Waals surface area contributed by atoms with E-state index in [9.17, 15) is 4.79 Å². The van der Waals surface area contributed by atoms with Crippen molar-refractivity contribution in [3.63, 3.8) is 0 Å². The molecule has 0 aromatic carbocycles. The summed E-state index contributed by atoms with van der Waals surface area (Å²) in [6.07, 6.45) is 2.28. The first-order chi connectivity index (χ1) is 7.46. The van der Waals surface area contributed by atoms with Crippen LogP contribution in [0.3, 0.4) is 0 Å². The molecule has 0 bridgehead atoms. The van der Waals surface area contributed by atoms with Crippen molar-refractivity contribution >= 4 is 5.91 Å². The number of piperidine rings is 1. The average Bonchev–Trinajstić information content (AvgIpc) is 2.27. The Hall–Kier alpha value is -0.610. The molecule has 0 spiro atoms. The summed E-state index contributed by atoms with van der Waals surface area (Å²) in [7, 11) is 1.66. The Morgan fingerprint density at radius 3 is 2.81 bits per heavy atom. The zero-order valence-electron chi connectivity index (χ0n) is 10.8. The lowest BCUT2D eigenvalue weighted by Crippen LogP contribution is -2.53. The molecule has 2 atom stereocenters. The molecule has 4 heteroatoms. The van der Waals surface area contributed by atoms with Gasteiger partial charge in [0.2, 0.25) is 5.91 Å². The molecule has 1 saturated heterocycles. The number of carbonyl (C=O) groups excluding carboxylic acids is 1. The predicted octanol–water partition coefficient (Wildman–Crippen LogP) is 0.916. The molecule has 0 radical (unpaired) electrons. The summed E-state index contributed by atoms with van der Waals surface area (Å²) >= 11 is 0. The first-order valence-electron chi connectivity index (χ1n) is 6.02. The van der Waals surface area contributed by atoms with E-state index in [4.69, 9.17) is 4.74 Å². The summed E-state index contributed by atoms with van der Waals surface area (Å²) in [5, 5.41) is 6.22. The third kappa shape index (κ3) is 3.76. The van der Waals surface area contributed by atoms with Crippen molar-refractivity contribution in [3.05, 3.63) is 0 Å². The molecule has 1 fully saturated rings. The van der Waals surface area contributed by atoms with Gasteiger partial charge in [-0.3, -0.25) is 4.79 Å². The summed E-state index contributed by atoms with van der Waals surface area (Å²) in [6.45, 7) is 7.54. The molecule has 2 N–H and O–H groups in total. The van der Waals surface area contributed by atoms with E-state index >= 15 is 0 Å². The Bertz CT molecular complexity index is 241. The van der Waals surface area contributed by atoms with Crippen LogP contribution in [0.5, 0.6) is 0 Å². The van der Waals surface area contributed by atoms with Crippen molar-refractivity contribution in [3.8, 4) is 0 Å². The van der Waals surface area contributed by atoms with Crippen LogP contribution in [-0.4, -0.2) is 37.7 Å². The second-order valence-electron chi connectivity index (χ2n) is 5.23. The molecular formula is C12H24N2O2. The highest BCUT2D eigenvalue weighted by atomic mass is 16.5. The van der Waals surface area contributed by atoms with Gasteiger partial charge in [-0.15, -0.1) is 0 Å². The van der Waals surface area contributed by atoms with Crippen molar-refractivity contribution in [1.29, 1.82) is 0 Å². The van der Waals surface area contributed by atoms with Gasteiger partial charge in [0, 0.05) is 13.7 Å². The minimum Gasteiger partial charge on any atom is -0.377 e. The van der Waals surface area contributed by atoms with Crippen LogP contribution in [-0.2, 0) is 9.53 Å². The summed E-state index contributed by atoms with van der Waals surface area (Å²) in [6, 6.07) is -0.0404. The van der Waals surface area contributed by atoms with Crippen molar-refractivity contribution < 1.29 is 9.53 Å². The average molecular weight is 228 g/mol. The molecule has 1 heterocycles. The van der Waals surface area contributed by atoms with E-state index in [0.29, 0.717) is 12.5 Å². The smallest absolute Gasteiger partial charge is 0.237 e. The fourth-order valence-electron chi connectivity index (χ4n) is 1.88. The van der Waals surface area contributed by atoms with Crippen LogP contribution in [0.4, 0.5) is 0 Å². The van der Waals surface area contributed by atoms with Crippen molar-refractivity contribution in [2.75, 3.05) is 20.2 Å². The number of ether oxygens (including phenoxy) is 1. The van der Waals surface area contributed by atoms with Crippen LogP contribution in [0.15, 0.2) is 0 Å². The largest absolute Gasteiger partial charge is 0.377 e. The highest BCUT2D eigenvalue weighted by Gasteiger charge is 2.28. The van der Waals surface area contributed by atoms with Gasteiger partial charge in [-0.05, 0) is 39.2 Å². The van der Waals surface area contributed by atoms with Gasteiger partial charge in [-0.1, -0.05) is 6.92 Å². The summed E-state index contributed by atoms with van der Waals surface area (Å²) in [5.41, 5.74) is -0.298. The molecule has 0 aliphatic carbocycles. The molecule has 0 aromatic heterocycles. The number of hydrogen-bond acceptors (Lipinski definition) is 3.